The number of anilines is 1. The van der Waals surface area contributed by atoms with Crippen LogP contribution < -0.4 is 5.32 Å². The van der Waals surface area contributed by atoms with Gasteiger partial charge in [-0.05, 0) is 55.0 Å². The van der Waals surface area contributed by atoms with Gasteiger partial charge in [0.2, 0.25) is 5.24 Å². The van der Waals surface area contributed by atoms with Gasteiger partial charge >= 0.3 is 0 Å². The van der Waals surface area contributed by atoms with Crippen LogP contribution in [0.1, 0.15) is 83.1 Å². The van der Waals surface area contributed by atoms with Crippen molar-refractivity contribution in [1.29, 1.82) is 0 Å². The van der Waals surface area contributed by atoms with Crippen molar-refractivity contribution >= 4 is 22.5 Å². The largest absolute Gasteiger partial charge is 0.385 e. The monoisotopic (exact) mass is 377 g/mol. The maximum atomic E-state index is 11.0. The van der Waals surface area contributed by atoms with Crippen LogP contribution in [0.4, 0.5) is 5.69 Å². The number of nitrogens with one attached hydrogen (secondary N) is 1. The van der Waals surface area contributed by atoms with Crippen molar-refractivity contribution in [2.45, 2.75) is 84.0 Å². The minimum absolute atomic E-state index is 0.290. The average Bonchev–Trinajstić information content (AvgIpc) is 2.62. The van der Waals surface area contributed by atoms with E-state index in [0.29, 0.717) is 6.42 Å². The molecular weight excluding hydrogens is 342 g/mol. The second-order valence-electron chi connectivity index (χ2n) is 7.04. The Morgan fingerprint density at radius 1 is 0.962 bits per heavy atom. The van der Waals surface area contributed by atoms with Gasteiger partial charge in [-0.15, -0.1) is 0 Å². The Morgan fingerprint density at radius 3 is 2.31 bits per heavy atom. The van der Waals surface area contributed by atoms with Crippen molar-refractivity contribution in [2.24, 2.45) is 0 Å². The lowest BCUT2D eigenvalue weighted by Gasteiger charge is -2.07. The summed E-state index contributed by atoms with van der Waals surface area (Å²) in [5, 5.41) is 3.09. The molecule has 0 spiro atoms. The zero-order valence-electron chi connectivity index (χ0n) is 16.4. The number of allylic oxidation sites excluding steroid dienone is 2. The van der Waals surface area contributed by atoms with Crippen LogP contribution >= 0.6 is 11.6 Å². The van der Waals surface area contributed by atoms with Gasteiger partial charge in [0.05, 0.1) is 0 Å². The summed E-state index contributed by atoms with van der Waals surface area (Å²) >= 11 is 5.44. The minimum atomic E-state index is -0.316. The van der Waals surface area contributed by atoms with E-state index in [1.165, 1.54) is 57.8 Å². The lowest BCUT2D eigenvalue weighted by atomic mass is 10.1. The molecule has 0 amide bonds. The van der Waals surface area contributed by atoms with Crippen LogP contribution in [0.5, 0.6) is 0 Å². The Kier molecular flexibility index (Phi) is 13.9. The number of rotatable bonds is 16. The normalized spacial score (nSPS) is 11.2. The molecule has 146 valence electrons. The van der Waals surface area contributed by atoms with Crippen molar-refractivity contribution in [2.75, 3.05) is 11.9 Å². The molecule has 1 aromatic rings. The third-order valence-electron chi connectivity index (χ3n) is 4.54. The third-order valence-corrected chi connectivity index (χ3v) is 4.67. The van der Waals surface area contributed by atoms with Crippen LogP contribution in [-0.4, -0.2) is 11.8 Å². The molecule has 2 nitrogen and oxygen atoms in total. The molecule has 1 aromatic carbocycles. The number of hydrogen-bond acceptors (Lipinski definition) is 2. The summed E-state index contributed by atoms with van der Waals surface area (Å²) in [7, 11) is 0. The van der Waals surface area contributed by atoms with E-state index in [0.717, 1.165) is 30.6 Å². The van der Waals surface area contributed by atoms with Crippen molar-refractivity contribution in [3.8, 4) is 0 Å². The number of unbranched alkanes of at least 4 members (excludes halogenated alkanes) is 9. The quantitative estimate of drug-likeness (QED) is 0.186. The minimum Gasteiger partial charge on any atom is -0.385 e. The highest BCUT2D eigenvalue weighted by atomic mass is 35.5. The number of carbonyl (C=O) groups excluding carboxylic acids is 1. The van der Waals surface area contributed by atoms with Gasteiger partial charge in [-0.2, -0.15) is 0 Å². The molecule has 0 aliphatic carbocycles. The second-order valence-corrected chi connectivity index (χ2v) is 7.46. The SMILES string of the molecule is CCCCCCCCCCC=CCCCNc1cccc(CC(=O)Cl)c1. The predicted octanol–water partition coefficient (Wildman–Crippen LogP) is 7.27. The van der Waals surface area contributed by atoms with Crippen LogP contribution in [0.15, 0.2) is 36.4 Å². The summed E-state index contributed by atoms with van der Waals surface area (Å²) in [5.74, 6) is 0. The van der Waals surface area contributed by atoms with E-state index in [9.17, 15) is 4.79 Å². The van der Waals surface area contributed by atoms with Crippen LogP contribution in [0, 0.1) is 0 Å². The fraction of sp³-hybridized carbons (Fsp3) is 0.609. The van der Waals surface area contributed by atoms with E-state index in [4.69, 9.17) is 11.6 Å². The van der Waals surface area contributed by atoms with Crippen LogP contribution in [0.3, 0.4) is 0 Å². The fourth-order valence-electron chi connectivity index (χ4n) is 3.04. The smallest absolute Gasteiger partial charge is 0.226 e. The standard InChI is InChI=1S/C23H36ClNO/c1-2-3-4-5-6-7-8-9-10-11-12-13-14-18-25-22-17-15-16-21(19-22)20-23(24)26/h11-12,15-17,19,25H,2-10,13-14,18,20H2,1H3. The highest BCUT2D eigenvalue weighted by Gasteiger charge is 2.00. The van der Waals surface area contributed by atoms with Crippen LogP contribution in [0.25, 0.3) is 0 Å². The molecular formula is C23H36ClNO. The first-order valence-electron chi connectivity index (χ1n) is 10.4. The first kappa shape index (κ1) is 22.8. The summed E-state index contributed by atoms with van der Waals surface area (Å²) < 4.78 is 0. The molecule has 0 heterocycles. The first-order valence-corrected chi connectivity index (χ1v) is 10.8. The molecule has 1 rings (SSSR count). The second kappa shape index (κ2) is 15.9. The summed E-state index contributed by atoms with van der Waals surface area (Å²) in [6.45, 7) is 3.21. The zero-order valence-corrected chi connectivity index (χ0v) is 17.2. The predicted molar refractivity (Wildman–Crippen MR) is 115 cm³/mol. The molecule has 0 saturated heterocycles. The summed E-state index contributed by atoms with van der Waals surface area (Å²) in [6, 6.07) is 7.92. The van der Waals surface area contributed by atoms with Gasteiger partial charge in [0.25, 0.3) is 0 Å². The molecule has 0 atom stereocenters. The van der Waals surface area contributed by atoms with E-state index >= 15 is 0 Å². The maximum Gasteiger partial charge on any atom is 0.226 e. The van der Waals surface area contributed by atoms with Gasteiger partial charge in [-0.1, -0.05) is 76.2 Å². The average molecular weight is 378 g/mol. The lowest BCUT2D eigenvalue weighted by molar-refractivity contribution is -0.111. The highest BCUT2D eigenvalue weighted by molar-refractivity contribution is 6.63. The molecule has 0 aromatic heterocycles. The van der Waals surface area contributed by atoms with Crippen LogP contribution in [-0.2, 0) is 11.2 Å². The number of benzene rings is 1. The Bertz CT molecular complexity index is 513. The maximum absolute atomic E-state index is 11.0. The van der Waals surface area contributed by atoms with Crippen LogP contribution in [0.2, 0.25) is 0 Å². The highest BCUT2D eigenvalue weighted by Crippen LogP contribution is 2.13. The molecule has 0 radical (unpaired) electrons. The van der Waals surface area contributed by atoms with Gasteiger partial charge in [-0.25, -0.2) is 0 Å². The zero-order chi connectivity index (χ0) is 18.9. The number of carbonyl (C=O) groups is 1. The van der Waals surface area contributed by atoms with Gasteiger partial charge < -0.3 is 5.32 Å². The Hall–Kier alpha value is -1.28. The molecule has 0 unspecified atom stereocenters. The van der Waals surface area contributed by atoms with Gasteiger partial charge in [-0.3, -0.25) is 4.79 Å². The molecule has 1 N–H and O–H groups in total. The van der Waals surface area contributed by atoms with E-state index in [1.807, 2.05) is 24.3 Å². The van der Waals surface area contributed by atoms with E-state index in [1.54, 1.807) is 0 Å². The lowest BCUT2D eigenvalue weighted by Crippen LogP contribution is -2.02. The van der Waals surface area contributed by atoms with Crippen molar-refractivity contribution in [1.82, 2.24) is 0 Å². The summed E-state index contributed by atoms with van der Waals surface area (Å²) in [4.78, 5) is 11.0. The molecule has 0 saturated carbocycles. The third kappa shape index (κ3) is 13.0. The van der Waals surface area contributed by atoms with Gasteiger partial charge in [0, 0.05) is 18.7 Å². The molecule has 0 aliphatic rings. The van der Waals surface area contributed by atoms with Crippen molar-refractivity contribution in [3.05, 3.63) is 42.0 Å². The summed E-state index contributed by atoms with van der Waals surface area (Å²) in [5.41, 5.74) is 2.02. The fourth-order valence-corrected chi connectivity index (χ4v) is 3.19. The van der Waals surface area contributed by atoms with Crippen molar-refractivity contribution in [3.63, 3.8) is 0 Å². The Balaban J connectivity index is 1.97. The topological polar surface area (TPSA) is 29.1 Å². The Labute approximate surface area is 165 Å². The van der Waals surface area contributed by atoms with E-state index < -0.39 is 0 Å². The molecule has 0 fully saturated rings. The van der Waals surface area contributed by atoms with E-state index in [2.05, 4.69) is 24.4 Å². The van der Waals surface area contributed by atoms with Gasteiger partial charge in [0.1, 0.15) is 0 Å². The first-order chi connectivity index (χ1) is 12.7. The summed E-state index contributed by atoms with van der Waals surface area (Å²) in [6.07, 6.45) is 19.5. The molecule has 3 heteroatoms. The molecule has 26 heavy (non-hydrogen) atoms. The molecule has 0 aliphatic heterocycles. The number of halogens is 1. The number of hydrogen-bond donors (Lipinski definition) is 1. The Morgan fingerprint density at radius 2 is 1.62 bits per heavy atom. The van der Waals surface area contributed by atoms with Crippen molar-refractivity contribution < 1.29 is 4.79 Å². The van der Waals surface area contributed by atoms with Gasteiger partial charge in [0.15, 0.2) is 0 Å². The van der Waals surface area contributed by atoms with E-state index in [-0.39, 0.29) is 5.24 Å². The molecule has 0 bridgehead atoms.